The maximum Gasteiger partial charge on any atom is 0.181 e. The average molecular weight is 301 g/mol. The predicted molar refractivity (Wildman–Crippen MR) is 74.1 cm³/mol. The number of rotatable bonds is 4. The van der Waals surface area contributed by atoms with E-state index in [9.17, 15) is 13.5 Å². The lowest BCUT2D eigenvalue weighted by Crippen LogP contribution is -2.24. The van der Waals surface area contributed by atoms with E-state index in [1.54, 1.807) is 24.3 Å². The molecule has 0 spiro atoms. The van der Waals surface area contributed by atoms with Crippen molar-refractivity contribution in [1.29, 1.82) is 0 Å². The number of halogens is 1. The van der Waals surface area contributed by atoms with Crippen molar-refractivity contribution in [2.45, 2.75) is 11.0 Å². The van der Waals surface area contributed by atoms with Crippen molar-refractivity contribution in [3.05, 3.63) is 41.4 Å². The fourth-order valence-corrected chi connectivity index (χ4v) is 3.71. The molecule has 0 aliphatic rings. The molecule has 0 heterocycles. The molecule has 1 unspecified atom stereocenters. The highest BCUT2D eigenvalue weighted by Crippen LogP contribution is 2.29. The molecule has 0 aliphatic heterocycles. The highest BCUT2D eigenvalue weighted by atomic mass is 35.5. The molecule has 0 saturated heterocycles. The summed E-state index contributed by atoms with van der Waals surface area (Å²) in [5.41, 5.74) is 0. The molecule has 6 heteroatoms. The standard InChI is InChI=1S/C13H13ClO4S/c14-12-5-6-13(11-4-2-1-3-10(11)12)19(17,18)8-9(16)7-15/h1-6,9,15-16H,7-8H2. The quantitative estimate of drug-likeness (QED) is 0.900. The Hall–Kier alpha value is -1.14. The fourth-order valence-electron chi connectivity index (χ4n) is 1.90. The molecule has 4 nitrogen and oxygen atoms in total. The normalized spacial score (nSPS) is 13.6. The van der Waals surface area contributed by atoms with Crippen LogP contribution in [0.5, 0.6) is 0 Å². The van der Waals surface area contributed by atoms with Gasteiger partial charge < -0.3 is 10.2 Å². The van der Waals surface area contributed by atoms with Crippen molar-refractivity contribution in [2.24, 2.45) is 0 Å². The van der Waals surface area contributed by atoms with Gasteiger partial charge >= 0.3 is 0 Å². The van der Waals surface area contributed by atoms with Gasteiger partial charge in [-0.2, -0.15) is 0 Å². The van der Waals surface area contributed by atoms with Crippen molar-refractivity contribution < 1.29 is 18.6 Å². The first kappa shape index (κ1) is 14.3. The van der Waals surface area contributed by atoms with Crippen LogP contribution in [0.1, 0.15) is 0 Å². The maximum atomic E-state index is 12.2. The van der Waals surface area contributed by atoms with Crippen molar-refractivity contribution in [2.75, 3.05) is 12.4 Å². The summed E-state index contributed by atoms with van der Waals surface area (Å²) in [7, 11) is -3.68. The molecule has 1 atom stereocenters. The van der Waals surface area contributed by atoms with Gasteiger partial charge in [0.2, 0.25) is 0 Å². The second-order valence-electron chi connectivity index (χ2n) is 4.21. The largest absolute Gasteiger partial charge is 0.394 e. The van der Waals surface area contributed by atoms with Gasteiger partial charge in [0.25, 0.3) is 0 Å². The summed E-state index contributed by atoms with van der Waals surface area (Å²) in [4.78, 5) is 0.111. The van der Waals surface area contributed by atoms with Crippen LogP contribution in [-0.2, 0) is 9.84 Å². The summed E-state index contributed by atoms with van der Waals surface area (Å²) in [5, 5.41) is 19.7. The van der Waals surface area contributed by atoms with Crippen LogP contribution in [0.4, 0.5) is 0 Å². The van der Waals surface area contributed by atoms with E-state index in [4.69, 9.17) is 16.7 Å². The van der Waals surface area contributed by atoms with Gasteiger partial charge in [0.05, 0.1) is 23.4 Å². The Bertz CT molecular complexity index is 697. The van der Waals surface area contributed by atoms with Gasteiger partial charge in [-0.1, -0.05) is 35.9 Å². The molecule has 2 aromatic rings. The third kappa shape index (κ3) is 2.90. The zero-order chi connectivity index (χ0) is 14.0. The summed E-state index contributed by atoms with van der Waals surface area (Å²) in [6, 6.07) is 9.83. The van der Waals surface area contributed by atoms with E-state index < -0.39 is 28.3 Å². The Morgan fingerprint density at radius 3 is 2.37 bits per heavy atom. The summed E-state index contributed by atoms with van der Waals surface area (Å²) in [5.74, 6) is -0.519. The zero-order valence-corrected chi connectivity index (χ0v) is 11.5. The van der Waals surface area contributed by atoms with E-state index in [0.717, 1.165) is 0 Å². The van der Waals surface area contributed by atoms with E-state index >= 15 is 0 Å². The van der Waals surface area contributed by atoms with Gasteiger partial charge in [0.1, 0.15) is 0 Å². The van der Waals surface area contributed by atoms with Crippen molar-refractivity contribution >= 4 is 32.2 Å². The third-order valence-corrected chi connectivity index (χ3v) is 4.97. The van der Waals surface area contributed by atoms with Gasteiger partial charge in [-0.05, 0) is 12.1 Å². The summed E-state index contributed by atoms with van der Waals surface area (Å²) in [6.07, 6.45) is -1.29. The first-order valence-electron chi connectivity index (χ1n) is 5.64. The predicted octanol–water partition coefficient (Wildman–Crippen LogP) is 1.62. The Morgan fingerprint density at radius 2 is 1.74 bits per heavy atom. The van der Waals surface area contributed by atoms with E-state index in [1.807, 2.05) is 0 Å². The minimum Gasteiger partial charge on any atom is -0.394 e. The summed E-state index contributed by atoms with van der Waals surface area (Å²) in [6.45, 7) is -0.593. The molecule has 102 valence electrons. The summed E-state index contributed by atoms with van der Waals surface area (Å²) >= 11 is 6.03. The molecule has 0 aliphatic carbocycles. The smallest absolute Gasteiger partial charge is 0.181 e. The second kappa shape index (κ2) is 5.46. The van der Waals surface area contributed by atoms with Crippen molar-refractivity contribution in [3.63, 3.8) is 0 Å². The van der Waals surface area contributed by atoms with Crippen LogP contribution in [-0.4, -0.2) is 37.1 Å². The minimum absolute atomic E-state index is 0.111. The van der Waals surface area contributed by atoms with Gasteiger partial charge in [-0.25, -0.2) is 8.42 Å². The molecule has 0 amide bonds. The molecular formula is C13H13ClO4S. The van der Waals surface area contributed by atoms with Crippen LogP contribution in [0.2, 0.25) is 5.02 Å². The topological polar surface area (TPSA) is 74.6 Å². The maximum absolute atomic E-state index is 12.2. The summed E-state index contributed by atoms with van der Waals surface area (Å²) < 4.78 is 24.4. The molecule has 0 saturated carbocycles. The Balaban J connectivity index is 2.60. The molecule has 2 N–H and O–H groups in total. The monoisotopic (exact) mass is 300 g/mol. The van der Waals surface area contributed by atoms with E-state index in [-0.39, 0.29) is 4.90 Å². The molecule has 0 radical (unpaired) electrons. The molecular weight excluding hydrogens is 288 g/mol. The SMILES string of the molecule is O=S(=O)(CC(O)CO)c1ccc(Cl)c2ccccc12. The molecule has 2 aromatic carbocycles. The van der Waals surface area contributed by atoms with E-state index in [0.29, 0.717) is 15.8 Å². The van der Waals surface area contributed by atoms with Crippen molar-refractivity contribution in [3.8, 4) is 0 Å². The lowest BCUT2D eigenvalue weighted by atomic mass is 10.1. The highest BCUT2D eigenvalue weighted by Gasteiger charge is 2.22. The number of aliphatic hydroxyl groups excluding tert-OH is 2. The molecule has 0 fully saturated rings. The van der Waals surface area contributed by atoms with Gasteiger partial charge in [0, 0.05) is 15.8 Å². The van der Waals surface area contributed by atoms with Crippen LogP contribution in [0.25, 0.3) is 10.8 Å². The minimum atomic E-state index is -3.68. The first-order chi connectivity index (χ1) is 8.95. The number of aliphatic hydroxyl groups is 2. The van der Waals surface area contributed by atoms with Gasteiger partial charge in [-0.3, -0.25) is 0 Å². The Kier molecular flexibility index (Phi) is 4.10. The number of benzene rings is 2. The Morgan fingerprint density at radius 1 is 1.11 bits per heavy atom. The number of hydrogen-bond acceptors (Lipinski definition) is 4. The highest BCUT2D eigenvalue weighted by molar-refractivity contribution is 7.91. The molecule has 0 aromatic heterocycles. The van der Waals surface area contributed by atoms with Gasteiger partial charge in [-0.15, -0.1) is 0 Å². The van der Waals surface area contributed by atoms with E-state index in [2.05, 4.69) is 0 Å². The third-order valence-electron chi connectivity index (χ3n) is 2.79. The fraction of sp³-hybridized carbons (Fsp3) is 0.231. The Labute approximate surface area is 116 Å². The number of hydrogen-bond donors (Lipinski definition) is 2. The lowest BCUT2D eigenvalue weighted by molar-refractivity contribution is 0.112. The van der Waals surface area contributed by atoms with Crippen LogP contribution in [0.15, 0.2) is 41.3 Å². The van der Waals surface area contributed by atoms with Crippen LogP contribution in [0, 0.1) is 0 Å². The van der Waals surface area contributed by atoms with Gasteiger partial charge in [0.15, 0.2) is 9.84 Å². The number of fused-ring (bicyclic) bond motifs is 1. The first-order valence-corrected chi connectivity index (χ1v) is 7.67. The zero-order valence-electron chi connectivity index (χ0n) is 9.95. The average Bonchev–Trinajstić information content (AvgIpc) is 2.38. The van der Waals surface area contributed by atoms with Crippen LogP contribution < -0.4 is 0 Å². The second-order valence-corrected chi connectivity index (χ2v) is 6.62. The van der Waals surface area contributed by atoms with E-state index in [1.165, 1.54) is 12.1 Å². The van der Waals surface area contributed by atoms with Crippen LogP contribution in [0.3, 0.4) is 0 Å². The molecule has 0 bridgehead atoms. The molecule has 19 heavy (non-hydrogen) atoms. The molecule has 2 rings (SSSR count). The van der Waals surface area contributed by atoms with Crippen molar-refractivity contribution in [1.82, 2.24) is 0 Å². The number of sulfone groups is 1. The van der Waals surface area contributed by atoms with Crippen LogP contribution >= 0.6 is 11.6 Å². The lowest BCUT2D eigenvalue weighted by Gasteiger charge is -2.11.